The van der Waals surface area contributed by atoms with E-state index in [0.717, 1.165) is 28.0 Å². The molecular weight excluding hydrogens is 308 g/mol. The molecule has 1 fully saturated rings. The van der Waals surface area contributed by atoms with Crippen LogP contribution in [0, 0.1) is 0 Å². The fraction of sp³-hybridized carbons (Fsp3) is 0.312. The maximum Gasteiger partial charge on any atom is 0.407 e. The summed E-state index contributed by atoms with van der Waals surface area (Å²) in [6.45, 7) is 2.38. The van der Waals surface area contributed by atoms with Crippen LogP contribution >= 0.6 is 0 Å². The zero-order valence-corrected chi connectivity index (χ0v) is 13.3. The lowest BCUT2D eigenvalue weighted by atomic mass is 10.2. The largest absolute Gasteiger partial charge is 0.465 e. The molecule has 1 aliphatic rings. The molecule has 3 aromatic rings. The van der Waals surface area contributed by atoms with Gasteiger partial charge in [0.2, 0.25) is 0 Å². The Hall–Kier alpha value is -3.03. The number of amides is 1. The number of aromatic nitrogens is 4. The summed E-state index contributed by atoms with van der Waals surface area (Å²) in [5.41, 5.74) is 3.89. The average molecular weight is 326 g/mol. The molecule has 2 N–H and O–H groups in total. The zero-order valence-electron chi connectivity index (χ0n) is 13.3. The normalized spacial score (nSPS) is 15.2. The van der Waals surface area contributed by atoms with Crippen LogP contribution in [0.5, 0.6) is 0 Å². The molecule has 0 radical (unpaired) electrons. The van der Waals surface area contributed by atoms with Gasteiger partial charge in [-0.05, 0) is 12.1 Å². The second-order valence-electron chi connectivity index (χ2n) is 5.93. The van der Waals surface area contributed by atoms with Crippen LogP contribution in [0.3, 0.4) is 0 Å². The Morgan fingerprint density at radius 3 is 2.75 bits per heavy atom. The van der Waals surface area contributed by atoms with Crippen molar-refractivity contribution in [1.82, 2.24) is 24.6 Å². The summed E-state index contributed by atoms with van der Waals surface area (Å²) < 4.78 is 1.76. The van der Waals surface area contributed by atoms with Crippen molar-refractivity contribution in [2.75, 3.05) is 31.1 Å². The van der Waals surface area contributed by atoms with E-state index in [1.54, 1.807) is 10.9 Å². The van der Waals surface area contributed by atoms with Crippen molar-refractivity contribution in [2.24, 2.45) is 7.05 Å². The Bertz CT molecular complexity index is 891. The molecule has 1 saturated heterocycles. The van der Waals surface area contributed by atoms with E-state index in [0.29, 0.717) is 26.2 Å². The third kappa shape index (κ3) is 2.45. The fourth-order valence-electron chi connectivity index (χ4n) is 3.14. The lowest BCUT2D eigenvalue weighted by Crippen LogP contribution is -2.48. The van der Waals surface area contributed by atoms with Gasteiger partial charge in [0.25, 0.3) is 0 Å². The first-order valence-corrected chi connectivity index (χ1v) is 7.81. The first kappa shape index (κ1) is 14.6. The van der Waals surface area contributed by atoms with Crippen LogP contribution in [0.15, 0.2) is 30.7 Å². The summed E-state index contributed by atoms with van der Waals surface area (Å²) in [5.74, 6) is 0. The molecule has 0 aliphatic carbocycles. The topological polar surface area (TPSA) is 90.3 Å². The van der Waals surface area contributed by atoms with Gasteiger partial charge >= 0.3 is 6.09 Å². The van der Waals surface area contributed by atoms with Crippen LogP contribution in [0.2, 0.25) is 0 Å². The third-order valence-corrected chi connectivity index (χ3v) is 4.42. The predicted molar refractivity (Wildman–Crippen MR) is 90.1 cm³/mol. The van der Waals surface area contributed by atoms with E-state index in [1.807, 2.05) is 25.5 Å². The second-order valence-corrected chi connectivity index (χ2v) is 5.93. The van der Waals surface area contributed by atoms with Gasteiger partial charge in [-0.15, -0.1) is 0 Å². The summed E-state index contributed by atoms with van der Waals surface area (Å²) in [7, 11) is 1.89. The molecular formula is C16H18N6O2. The summed E-state index contributed by atoms with van der Waals surface area (Å²) in [6.07, 6.45) is 4.70. The number of nitrogens with zero attached hydrogens (tertiary/aromatic N) is 5. The van der Waals surface area contributed by atoms with Gasteiger partial charge in [0.15, 0.2) is 0 Å². The van der Waals surface area contributed by atoms with E-state index in [4.69, 9.17) is 5.11 Å². The molecule has 4 heterocycles. The van der Waals surface area contributed by atoms with Crippen molar-refractivity contribution >= 4 is 22.8 Å². The van der Waals surface area contributed by atoms with Gasteiger partial charge in [-0.2, -0.15) is 5.10 Å². The van der Waals surface area contributed by atoms with Crippen molar-refractivity contribution in [1.29, 1.82) is 0 Å². The van der Waals surface area contributed by atoms with Gasteiger partial charge in [0.1, 0.15) is 5.65 Å². The van der Waals surface area contributed by atoms with E-state index >= 15 is 0 Å². The molecule has 0 spiro atoms. The number of carbonyl (C=O) groups is 1. The summed E-state index contributed by atoms with van der Waals surface area (Å²) >= 11 is 0. The summed E-state index contributed by atoms with van der Waals surface area (Å²) in [4.78, 5) is 22.5. The second kappa shape index (κ2) is 5.55. The maximum atomic E-state index is 11.1. The number of aromatic amines is 1. The van der Waals surface area contributed by atoms with Gasteiger partial charge in [-0.25, -0.2) is 9.78 Å². The molecule has 124 valence electrons. The number of aryl methyl sites for hydroxylation is 1. The Morgan fingerprint density at radius 2 is 2.08 bits per heavy atom. The average Bonchev–Trinajstić information content (AvgIpc) is 3.20. The maximum absolute atomic E-state index is 11.1. The Morgan fingerprint density at radius 1 is 1.29 bits per heavy atom. The van der Waals surface area contributed by atoms with E-state index in [2.05, 4.69) is 26.0 Å². The van der Waals surface area contributed by atoms with Gasteiger partial charge in [0, 0.05) is 62.3 Å². The molecule has 0 atom stereocenters. The lowest BCUT2D eigenvalue weighted by Gasteiger charge is -2.34. The number of nitrogens with one attached hydrogen (secondary N) is 1. The van der Waals surface area contributed by atoms with E-state index in [1.165, 1.54) is 4.90 Å². The fourth-order valence-corrected chi connectivity index (χ4v) is 3.14. The SMILES string of the molecule is Cn1cc(-c2cc3c(N4CCN(C(=O)O)CC4)ccnc3[nH]2)cn1. The first-order chi connectivity index (χ1) is 11.6. The number of hydrogen-bond donors (Lipinski definition) is 2. The highest BCUT2D eigenvalue weighted by atomic mass is 16.4. The van der Waals surface area contributed by atoms with Crippen molar-refractivity contribution in [3.63, 3.8) is 0 Å². The van der Waals surface area contributed by atoms with Crippen LogP contribution in [0.4, 0.5) is 10.5 Å². The number of piperazine rings is 1. The minimum atomic E-state index is -0.852. The zero-order chi connectivity index (χ0) is 16.7. The molecule has 4 rings (SSSR count). The number of rotatable bonds is 2. The van der Waals surface area contributed by atoms with Gasteiger partial charge < -0.3 is 19.9 Å². The van der Waals surface area contributed by atoms with E-state index < -0.39 is 6.09 Å². The summed E-state index contributed by atoms with van der Waals surface area (Å²) in [6, 6.07) is 4.07. The van der Waals surface area contributed by atoms with Crippen LogP contribution in [-0.4, -0.2) is 62.0 Å². The van der Waals surface area contributed by atoms with Crippen LogP contribution in [-0.2, 0) is 7.05 Å². The standard InChI is InChI=1S/C16H18N6O2/c1-20-10-11(9-18-20)13-8-12-14(2-3-17-15(12)19-13)21-4-6-22(7-5-21)16(23)24/h2-3,8-10H,4-7H2,1H3,(H,17,19)(H,23,24). The Kier molecular flexibility index (Phi) is 3.37. The molecule has 1 amide bonds. The highest BCUT2D eigenvalue weighted by Gasteiger charge is 2.22. The molecule has 0 aromatic carbocycles. The lowest BCUT2D eigenvalue weighted by molar-refractivity contribution is 0.142. The Balaban J connectivity index is 1.67. The number of hydrogen-bond acceptors (Lipinski definition) is 4. The summed E-state index contributed by atoms with van der Waals surface area (Å²) in [5, 5.41) is 14.3. The number of pyridine rings is 1. The Labute approximate surface area is 138 Å². The van der Waals surface area contributed by atoms with E-state index in [-0.39, 0.29) is 0 Å². The molecule has 0 bridgehead atoms. The number of carboxylic acid groups (broad SMARTS) is 1. The monoisotopic (exact) mass is 326 g/mol. The molecule has 3 aromatic heterocycles. The molecule has 8 heteroatoms. The van der Waals surface area contributed by atoms with E-state index in [9.17, 15) is 4.79 Å². The van der Waals surface area contributed by atoms with Crippen molar-refractivity contribution < 1.29 is 9.90 Å². The van der Waals surface area contributed by atoms with Crippen LogP contribution in [0.25, 0.3) is 22.3 Å². The highest BCUT2D eigenvalue weighted by molar-refractivity contribution is 5.93. The molecule has 8 nitrogen and oxygen atoms in total. The van der Waals surface area contributed by atoms with Crippen LogP contribution in [0.1, 0.15) is 0 Å². The minimum Gasteiger partial charge on any atom is -0.465 e. The van der Waals surface area contributed by atoms with Gasteiger partial charge in [0.05, 0.1) is 11.9 Å². The number of fused-ring (bicyclic) bond motifs is 1. The quantitative estimate of drug-likeness (QED) is 0.749. The number of H-pyrrole nitrogens is 1. The third-order valence-electron chi connectivity index (χ3n) is 4.42. The van der Waals surface area contributed by atoms with Crippen molar-refractivity contribution in [3.05, 3.63) is 30.7 Å². The van der Waals surface area contributed by atoms with Crippen molar-refractivity contribution in [2.45, 2.75) is 0 Å². The smallest absolute Gasteiger partial charge is 0.407 e. The highest BCUT2D eigenvalue weighted by Crippen LogP contribution is 2.30. The molecule has 1 aliphatic heterocycles. The first-order valence-electron chi connectivity index (χ1n) is 7.81. The number of anilines is 1. The minimum absolute atomic E-state index is 0.513. The molecule has 24 heavy (non-hydrogen) atoms. The van der Waals surface area contributed by atoms with Gasteiger partial charge in [-0.1, -0.05) is 0 Å². The predicted octanol–water partition coefficient (Wildman–Crippen LogP) is 1.76. The van der Waals surface area contributed by atoms with Crippen molar-refractivity contribution in [3.8, 4) is 11.3 Å². The molecule has 0 unspecified atom stereocenters. The van der Waals surface area contributed by atoms with Gasteiger partial charge in [-0.3, -0.25) is 4.68 Å². The molecule has 0 saturated carbocycles. The van der Waals surface area contributed by atoms with Crippen LogP contribution < -0.4 is 4.90 Å².